The third kappa shape index (κ3) is 2.44. The van der Waals surface area contributed by atoms with Crippen molar-refractivity contribution in [3.63, 3.8) is 0 Å². The van der Waals surface area contributed by atoms with Crippen LogP contribution in [0.5, 0.6) is 0 Å². The van der Waals surface area contributed by atoms with Crippen LogP contribution in [0.3, 0.4) is 0 Å². The molecular formula is C15H17ClN2. The molecule has 2 nitrogen and oxygen atoms in total. The van der Waals surface area contributed by atoms with E-state index in [4.69, 9.17) is 11.6 Å². The monoisotopic (exact) mass is 260 g/mol. The van der Waals surface area contributed by atoms with Gasteiger partial charge in [-0.25, -0.2) is 4.98 Å². The lowest BCUT2D eigenvalue weighted by molar-refractivity contribution is 0.721. The molecule has 0 saturated heterocycles. The molecule has 1 aliphatic carbocycles. The predicted octanol–water partition coefficient (Wildman–Crippen LogP) is 4.24. The van der Waals surface area contributed by atoms with Crippen molar-refractivity contribution in [3.05, 3.63) is 53.1 Å². The van der Waals surface area contributed by atoms with Crippen LogP contribution in [0, 0.1) is 0 Å². The molecule has 0 bridgehead atoms. The van der Waals surface area contributed by atoms with Crippen LogP contribution in [0.25, 0.3) is 0 Å². The van der Waals surface area contributed by atoms with Gasteiger partial charge in [0.05, 0.1) is 6.33 Å². The summed E-state index contributed by atoms with van der Waals surface area (Å²) < 4.78 is 2.04. The fourth-order valence-corrected chi connectivity index (χ4v) is 3.03. The number of hydrogen-bond donors (Lipinski definition) is 0. The predicted molar refractivity (Wildman–Crippen MR) is 74.0 cm³/mol. The van der Waals surface area contributed by atoms with Gasteiger partial charge in [-0.05, 0) is 36.0 Å². The second-order valence-electron chi connectivity index (χ2n) is 5.07. The number of nitrogens with zero attached hydrogens (tertiary/aromatic N) is 2. The van der Waals surface area contributed by atoms with Gasteiger partial charge in [-0.1, -0.05) is 36.6 Å². The molecule has 3 rings (SSSR count). The highest BCUT2D eigenvalue weighted by Gasteiger charge is 2.17. The molecule has 0 spiro atoms. The lowest BCUT2D eigenvalue weighted by Crippen LogP contribution is -1.99. The Hall–Kier alpha value is -1.28. The van der Waals surface area contributed by atoms with E-state index in [1.807, 2.05) is 17.1 Å². The molecule has 1 aromatic heterocycles. The van der Waals surface area contributed by atoms with Crippen molar-refractivity contribution in [3.8, 4) is 0 Å². The van der Waals surface area contributed by atoms with Gasteiger partial charge in [0.1, 0.15) is 0 Å². The Morgan fingerprint density at radius 3 is 2.78 bits per heavy atom. The Bertz CT molecular complexity index is 513. The van der Waals surface area contributed by atoms with E-state index in [1.54, 1.807) is 6.20 Å². The molecule has 2 aromatic rings. The largest absolute Gasteiger partial charge is 0.333 e. The first-order valence-electron chi connectivity index (χ1n) is 6.57. The van der Waals surface area contributed by atoms with Crippen molar-refractivity contribution in [2.75, 3.05) is 0 Å². The summed E-state index contributed by atoms with van der Waals surface area (Å²) >= 11 is 6.39. The molecular weight excluding hydrogens is 244 g/mol. The molecule has 1 saturated carbocycles. The van der Waals surface area contributed by atoms with Crippen LogP contribution in [0.1, 0.15) is 42.7 Å². The Morgan fingerprint density at radius 1 is 1.28 bits per heavy atom. The van der Waals surface area contributed by atoms with Crippen LogP contribution < -0.4 is 0 Å². The smallest absolute Gasteiger partial charge is 0.0949 e. The molecule has 0 radical (unpaired) electrons. The van der Waals surface area contributed by atoms with E-state index >= 15 is 0 Å². The zero-order chi connectivity index (χ0) is 12.4. The minimum Gasteiger partial charge on any atom is -0.333 e. The maximum atomic E-state index is 6.39. The SMILES string of the molecule is Clc1cc(C2CCCC2)ccc1Cn1ccnc1. The highest BCUT2D eigenvalue weighted by Crippen LogP contribution is 2.35. The molecule has 0 aliphatic heterocycles. The van der Waals surface area contributed by atoms with E-state index in [0.717, 1.165) is 23.0 Å². The molecule has 0 atom stereocenters. The average Bonchev–Trinajstić information content (AvgIpc) is 3.04. The summed E-state index contributed by atoms with van der Waals surface area (Å²) in [7, 11) is 0. The molecule has 18 heavy (non-hydrogen) atoms. The van der Waals surface area contributed by atoms with E-state index < -0.39 is 0 Å². The molecule has 3 heteroatoms. The van der Waals surface area contributed by atoms with Crippen molar-refractivity contribution >= 4 is 11.6 Å². The Balaban J connectivity index is 1.80. The highest BCUT2D eigenvalue weighted by atomic mass is 35.5. The van der Waals surface area contributed by atoms with Crippen LogP contribution in [0.2, 0.25) is 5.02 Å². The van der Waals surface area contributed by atoms with E-state index in [1.165, 1.54) is 31.2 Å². The minimum atomic E-state index is 0.727. The number of imidazole rings is 1. The summed E-state index contributed by atoms with van der Waals surface area (Å²) in [5.41, 5.74) is 2.57. The maximum absolute atomic E-state index is 6.39. The highest BCUT2D eigenvalue weighted by molar-refractivity contribution is 6.31. The van der Waals surface area contributed by atoms with Crippen LogP contribution >= 0.6 is 11.6 Å². The van der Waals surface area contributed by atoms with E-state index in [0.29, 0.717) is 0 Å². The van der Waals surface area contributed by atoms with Crippen molar-refractivity contribution in [1.82, 2.24) is 9.55 Å². The van der Waals surface area contributed by atoms with Crippen LogP contribution in [-0.2, 0) is 6.54 Å². The van der Waals surface area contributed by atoms with Gasteiger partial charge in [-0.2, -0.15) is 0 Å². The lowest BCUT2D eigenvalue weighted by atomic mass is 9.96. The Kier molecular flexibility index (Phi) is 3.37. The topological polar surface area (TPSA) is 17.8 Å². The van der Waals surface area contributed by atoms with Gasteiger partial charge in [0.2, 0.25) is 0 Å². The Morgan fingerprint density at radius 2 is 2.11 bits per heavy atom. The van der Waals surface area contributed by atoms with Crippen molar-refractivity contribution in [1.29, 1.82) is 0 Å². The molecule has 0 N–H and O–H groups in total. The molecule has 1 heterocycles. The van der Waals surface area contributed by atoms with Crippen molar-refractivity contribution in [2.45, 2.75) is 38.1 Å². The zero-order valence-corrected chi connectivity index (χ0v) is 11.1. The minimum absolute atomic E-state index is 0.727. The molecule has 0 amide bonds. The van der Waals surface area contributed by atoms with E-state index in [2.05, 4.69) is 23.2 Å². The van der Waals surface area contributed by atoms with E-state index in [-0.39, 0.29) is 0 Å². The fraction of sp³-hybridized carbons (Fsp3) is 0.400. The molecule has 94 valence electrons. The molecule has 1 fully saturated rings. The molecule has 1 aromatic carbocycles. The summed E-state index contributed by atoms with van der Waals surface area (Å²) in [5.74, 6) is 0.727. The summed E-state index contributed by atoms with van der Waals surface area (Å²) in [6, 6.07) is 6.56. The molecule has 0 unspecified atom stereocenters. The Labute approximate surface area is 113 Å². The summed E-state index contributed by atoms with van der Waals surface area (Å²) in [5, 5.41) is 0.883. The average molecular weight is 261 g/mol. The molecule has 1 aliphatic rings. The second kappa shape index (κ2) is 5.15. The normalized spacial score (nSPS) is 16.3. The van der Waals surface area contributed by atoms with Gasteiger partial charge in [0.25, 0.3) is 0 Å². The first kappa shape index (κ1) is 11.8. The first-order valence-corrected chi connectivity index (χ1v) is 6.95. The summed E-state index contributed by atoms with van der Waals surface area (Å²) in [6.07, 6.45) is 10.9. The van der Waals surface area contributed by atoms with Gasteiger partial charge in [0, 0.05) is 24.0 Å². The number of benzene rings is 1. The third-order valence-corrected chi connectivity index (χ3v) is 4.17. The lowest BCUT2D eigenvalue weighted by Gasteiger charge is -2.12. The first-order chi connectivity index (χ1) is 8.83. The van der Waals surface area contributed by atoms with Crippen LogP contribution in [-0.4, -0.2) is 9.55 Å². The number of halogens is 1. The fourth-order valence-electron chi connectivity index (χ4n) is 2.78. The standard InChI is InChI=1S/C15H17ClN2/c16-15-9-13(12-3-1-2-4-12)5-6-14(15)10-18-8-7-17-11-18/h5-9,11-12H,1-4,10H2. The zero-order valence-electron chi connectivity index (χ0n) is 10.3. The summed E-state index contributed by atoms with van der Waals surface area (Å²) in [4.78, 5) is 4.05. The van der Waals surface area contributed by atoms with E-state index in [9.17, 15) is 0 Å². The van der Waals surface area contributed by atoms with Crippen LogP contribution in [0.4, 0.5) is 0 Å². The van der Waals surface area contributed by atoms with Gasteiger partial charge < -0.3 is 4.57 Å². The van der Waals surface area contributed by atoms with Gasteiger partial charge >= 0.3 is 0 Å². The van der Waals surface area contributed by atoms with Gasteiger partial charge in [-0.3, -0.25) is 0 Å². The number of hydrogen-bond acceptors (Lipinski definition) is 1. The van der Waals surface area contributed by atoms with Crippen molar-refractivity contribution in [2.24, 2.45) is 0 Å². The third-order valence-electron chi connectivity index (χ3n) is 3.82. The maximum Gasteiger partial charge on any atom is 0.0949 e. The number of rotatable bonds is 3. The second-order valence-corrected chi connectivity index (χ2v) is 5.47. The summed E-state index contributed by atoms with van der Waals surface area (Å²) in [6.45, 7) is 0.795. The van der Waals surface area contributed by atoms with Crippen molar-refractivity contribution < 1.29 is 0 Å². The quantitative estimate of drug-likeness (QED) is 0.807. The number of aromatic nitrogens is 2. The van der Waals surface area contributed by atoms with Crippen LogP contribution in [0.15, 0.2) is 36.9 Å². The van der Waals surface area contributed by atoms with Gasteiger partial charge in [0.15, 0.2) is 0 Å². The van der Waals surface area contributed by atoms with Gasteiger partial charge in [-0.15, -0.1) is 0 Å².